The fourth-order valence-corrected chi connectivity index (χ4v) is 2.87. The first-order valence-corrected chi connectivity index (χ1v) is 8.09. The molecule has 0 fully saturated rings. The SMILES string of the molecule is CCC(C)CN(CC)C(CN)c1cc(Br)ccc1Cl. The summed E-state index contributed by atoms with van der Waals surface area (Å²) in [6.45, 7) is 9.30. The van der Waals surface area contributed by atoms with Crippen LogP contribution in [0.25, 0.3) is 0 Å². The fourth-order valence-electron chi connectivity index (χ4n) is 2.25. The molecular weight excluding hydrogens is 324 g/mol. The van der Waals surface area contributed by atoms with Crippen LogP contribution in [0.4, 0.5) is 0 Å². The predicted octanol–water partition coefficient (Wildman–Crippen LogP) is 4.47. The van der Waals surface area contributed by atoms with Gasteiger partial charge in [0.1, 0.15) is 0 Å². The summed E-state index contributed by atoms with van der Waals surface area (Å²) in [6.07, 6.45) is 1.18. The Morgan fingerprint density at radius 1 is 1.37 bits per heavy atom. The second kappa shape index (κ2) is 8.25. The lowest BCUT2D eigenvalue weighted by Crippen LogP contribution is -2.36. The van der Waals surface area contributed by atoms with Crippen LogP contribution in [0, 0.1) is 5.92 Å². The van der Waals surface area contributed by atoms with E-state index < -0.39 is 0 Å². The quantitative estimate of drug-likeness (QED) is 0.788. The first-order chi connectivity index (χ1) is 9.03. The van der Waals surface area contributed by atoms with Gasteiger partial charge in [0.05, 0.1) is 0 Å². The van der Waals surface area contributed by atoms with E-state index in [2.05, 4.69) is 47.7 Å². The summed E-state index contributed by atoms with van der Waals surface area (Å²) >= 11 is 9.85. The van der Waals surface area contributed by atoms with E-state index in [1.807, 2.05) is 12.1 Å². The van der Waals surface area contributed by atoms with E-state index in [1.54, 1.807) is 0 Å². The van der Waals surface area contributed by atoms with Crippen molar-refractivity contribution >= 4 is 27.5 Å². The van der Waals surface area contributed by atoms with Crippen molar-refractivity contribution in [1.82, 2.24) is 4.90 Å². The molecule has 0 spiro atoms. The third-order valence-corrected chi connectivity index (χ3v) is 4.47. The second-order valence-corrected chi connectivity index (χ2v) is 6.34. The van der Waals surface area contributed by atoms with Crippen LogP contribution in [0.15, 0.2) is 22.7 Å². The number of halogens is 2. The molecule has 0 heterocycles. The van der Waals surface area contributed by atoms with Gasteiger partial charge in [-0.05, 0) is 36.2 Å². The molecule has 108 valence electrons. The highest BCUT2D eigenvalue weighted by Gasteiger charge is 2.21. The summed E-state index contributed by atoms with van der Waals surface area (Å²) in [5.41, 5.74) is 7.12. The molecule has 1 rings (SSSR count). The van der Waals surface area contributed by atoms with Crippen LogP contribution in [-0.4, -0.2) is 24.5 Å². The molecule has 2 unspecified atom stereocenters. The molecule has 0 aliphatic rings. The van der Waals surface area contributed by atoms with Gasteiger partial charge >= 0.3 is 0 Å². The summed E-state index contributed by atoms with van der Waals surface area (Å²) in [5, 5.41) is 0.793. The van der Waals surface area contributed by atoms with Crippen molar-refractivity contribution in [2.75, 3.05) is 19.6 Å². The van der Waals surface area contributed by atoms with E-state index in [9.17, 15) is 0 Å². The smallest absolute Gasteiger partial charge is 0.0485 e. The Balaban J connectivity index is 2.99. The lowest BCUT2D eigenvalue weighted by Gasteiger charge is -2.32. The largest absolute Gasteiger partial charge is 0.329 e. The lowest BCUT2D eigenvalue weighted by molar-refractivity contribution is 0.182. The van der Waals surface area contributed by atoms with E-state index in [0.29, 0.717) is 12.5 Å². The van der Waals surface area contributed by atoms with Gasteiger partial charge in [0.2, 0.25) is 0 Å². The highest BCUT2D eigenvalue weighted by atomic mass is 79.9. The van der Waals surface area contributed by atoms with Gasteiger partial charge in [0.25, 0.3) is 0 Å². The molecule has 2 atom stereocenters. The molecule has 1 aromatic rings. The molecule has 0 saturated carbocycles. The van der Waals surface area contributed by atoms with Crippen LogP contribution in [0.3, 0.4) is 0 Å². The van der Waals surface area contributed by atoms with Crippen molar-refractivity contribution < 1.29 is 0 Å². The molecule has 0 aliphatic heterocycles. The average Bonchev–Trinajstić information content (AvgIpc) is 2.41. The van der Waals surface area contributed by atoms with E-state index in [0.717, 1.165) is 28.1 Å². The van der Waals surface area contributed by atoms with E-state index >= 15 is 0 Å². The van der Waals surface area contributed by atoms with Crippen LogP contribution in [0.2, 0.25) is 5.02 Å². The first kappa shape index (κ1) is 17.0. The first-order valence-electron chi connectivity index (χ1n) is 6.92. The molecule has 0 aliphatic carbocycles. The standard InChI is InChI=1S/C15H24BrClN2/c1-4-11(3)10-19(5-2)15(9-18)13-8-12(16)6-7-14(13)17/h6-8,11,15H,4-5,9-10,18H2,1-3H3. The normalized spacial score (nSPS) is 14.7. The molecule has 2 N–H and O–H groups in total. The minimum atomic E-state index is 0.184. The number of hydrogen-bond acceptors (Lipinski definition) is 2. The summed E-state index contributed by atoms with van der Waals surface area (Å²) in [4.78, 5) is 2.42. The Labute approximate surface area is 130 Å². The second-order valence-electron chi connectivity index (χ2n) is 5.02. The van der Waals surface area contributed by atoms with Gasteiger partial charge in [-0.25, -0.2) is 0 Å². The van der Waals surface area contributed by atoms with Crippen LogP contribution >= 0.6 is 27.5 Å². The summed E-state index contributed by atoms with van der Waals surface area (Å²) in [6, 6.07) is 6.16. The van der Waals surface area contributed by atoms with Crippen LogP contribution in [-0.2, 0) is 0 Å². The van der Waals surface area contributed by atoms with Gasteiger partial charge in [-0.2, -0.15) is 0 Å². The van der Waals surface area contributed by atoms with E-state index in [4.69, 9.17) is 17.3 Å². The molecular formula is C15H24BrClN2. The molecule has 2 nitrogen and oxygen atoms in total. The van der Waals surface area contributed by atoms with Crippen LogP contribution in [0.5, 0.6) is 0 Å². The molecule has 0 aromatic heterocycles. The van der Waals surface area contributed by atoms with Crippen molar-refractivity contribution in [2.45, 2.75) is 33.2 Å². The number of benzene rings is 1. The maximum absolute atomic E-state index is 6.34. The number of nitrogens with zero attached hydrogens (tertiary/aromatic N) is 1. The summed E-state index contributed by atoms with van der Waals surface area (Å²) in [5.74, 6) is 0.667. The average molecular weight is 348 g/mol. The minimum absolute atomic E-state index is 0.184. The Kier molecular flexibility index (Phi) is 7.37. The molecule has 4 heteroatoms. The third kappa shape index (κ3) is 4.75. The number of nitrogens with two attached hydrogens (primary N) is 1. The molecule has 0 radical (unpaired) electrons. The Hall–Kier alpha value is -0.0900. The highest BCUT2D eigenvalue weighted by molar-refractivity contribution is 9.10. The predicted molar refractivity (Wildman–Crippen MR) is 87.6 cm³/mol. The molecule has 1 aromatic carbocycles. The van der Waals surface area contributed by atoms with Crippen molar-refractivity contribution in [3.63, 3.8) is 0 Å². The number of hydrogen-bond donors (Lipinski definition) is 1. The Morgan fingerprint density at radius 2 is 2.05 bits per heavy atom. The number of likely N-dealkylation sites (N-methyl/N-ethyl adjacent to an activating group) is 1. The topological polar surface area (TPSA) is 29.3 Å². The van der Waals surface area contributed by atoms with E-state index in [1.165, 1.54) is 6.42 Å². The van der Waals surface area contributed by atoms with Gasteiger partial charge in [0.15, 0.2) is 0 Å². The van der Waals surface area contributed by atoms with Gasteiger partial charge in [-0.15, -0.1) is 0 Å². The maximum atomic E-state index is 6.34. The van der Waals surface area contributed by atoms with E-state index in [-0.39, 0.29) is 6.04 Å². The van der Waals surface area contributed by atoms with Crippen LogP contribution < -0.4 is 5.73 Å². The van der Waals surface area contributed by atoms with Crippen molar-refractivity contribution in [3.8, 4) is 0 Å². The van der Waals surface area contributed by atoms with Gasteiger partial charge in [-0.3, -0.25) is 4.90 Å². The van der Waals surface area contributed by atoms with Crippen LogP contribution in [0.1, 0.15) is 38.8 Å². The fraction of sp³-hybridized carbons (Fsp3) is 0.600. The van der Waals surface area contributed by atoms with Gasteiger partial charge in [-0.1, -0.05) is 54.7 Å². The highest BCUT2D eigenvalue weighted by Crippen LogP contribution is 2.30. The zero-order valence-electron chi connectivity index (χ0n) is 12.0. The maximum Gasteiger partial charge on any atom is 0.0485 e. The lowest BCUT2D eigenvalue weighted by atomic mass is 10.0. The monoisotopic (exact) mass is 346 g/mol. The molecule has 19 heavy (non-hydrogen) atoms. The zero-order chi connectivity index (χ0) is 14.4. The molecule has 0 saturated heterocycles. The molecule has 0 bridgehead atoms. The Bertz CT molecular complexity index is 398. The van der Waals surface area contributed by atoms with Crippen molar-refractivity contribution in [3.05, 3.63) is 33.3 Å². The van der Waals surface area contributed by atoms with Gasteiger partial charge in [0, 0.05) is 28.6 Å². The summed E-state index contributed by atoms with van der Waals surface area (Å²) in [7, 11) is 0. The molecule has 0 amide bonds. The van der Waals surface area contributed by atoms with Crippen molar-refractivity contribution in [2.24, 2.45) is 11.7 Å². The number of rotatable bonds is 7. The minimum Gasteiger partial charge on any atom is -0.329 e. The third-order valence-electron chi connectivity index (χ3n) is 3.63. The zero-order valence-corrected chi connectivity index (χ0v) is 14.3. The Morgan fingerprint density at radius 3 is 2.58 bits per heavy atom. The summed E-state index contributed by atoms with van der Waals surface area (Å²) < 4.78 is 1.05. The van der Waals surface area contributed by atoms with Crippen molar-refractivity contribution in [1.29, 1.82) is 0 Å². The van der Waals surface area contributed by atoms with Gasteiger partial charge < -0.3 is 5.73 Å².